The van der Waals surface area contributed by atoms with E-state index in [1.54, 1.807) is 0 Å². The fourth-order valence-corrected chi connectivity index (χ4v) is 6.16. The van der Waals surface area contributed by atoms with E-state index in [4.69, 9.17) is 0 Å². The smallest absolute Gasteiger partial charge is 0.150 e. The topological polar surface area (TPSA) is 46.2 Å². The molecule has 3 nitrogen and oxygen atoms in total. The molecule has 0 amide bonds. The van der Waals surface area contributed by atoms with Crippen LogP contribution in [0, 0.1) is 23.2 Å². The van der Waals surface area contributed by atoms with Gasteiger partial charge in [-0.15, -0.1) is 0 Å². The number of nitrogens with one attached hydrogen (secondary N) is 1. The highest BCUT2D eigenvalue weighted by molar-refractivity contribution is 7.91. The first kappa shape index (κ1) is 12.0. The second-order valence-electron chi connectivity index (χ2n) is 6.41. The normalized spacial score (nSPS) is 47.0. The average Bonchev–Trinajstić information content (AvgIpc) is 2.73. The van der Waals surface area contributed by atoms with Gasteiger partial charge in [-0.1, -0.05) is 6.92 Å². The number of hydrogen-bond donors (Lipinski definition) is 1. The maximum absolute atomic E-state index is 11.7. The summed E-state index contributed by atoms with van der Waals surface area (Å²) in [5.74, 6) is 3.17. The van der Waals surface area contributed by atoms with Gasteiger partial charge in [0.05, 0.1) is 11.5 Å². The molecule has 1 aliphatic heterocycles. The van der Waals surface area contributed by atoms with Gasteiger partial charge in [0.25, 0.3) is 0 Å². The zero-order valence-corrected chi connectivity index (χ0v) is 11.4. The Balaban J connectivity index is 1.75. The highest BCUT2D eigenvalue weighted by atomic mass is 32.2. The minimum Gasteiger partial charge on any atom is -0.316 e. The van der Waals surface area contributed by atoms with E-state index >= 15 is 0 Å². The van der Waals surface area contributed by atoms with E-state index in [2.05, 4.69) is 12.2 Å². The van der Waals surface area contributed by atoms with Crippen molar-refractivity contribution in [1.82, 2.24) is 5.32 Å². The molecule has 98 valence electrons. The van der Waals surface area contributed by atoms with E-state index in [0.29, 0.717) is 22.8 Å². The van der Waals surface area contributed by atoms with Gasteiger partial charge < -0.3 is 5.32 Å². The van der Waals surface area contributed by atoms with Gasteiger partial charge in [0.1, 0.15) is 0 Å². The highest BCUT2D eigenvalue weighted by Crippen LogP contribution is 2.63. The molecule has 1 heterocycles. The van der Waals surface area contributed by atoms with Crippen molar-refractivity contribution in [1.29, 1.82) is 0 Å². The molecule has 1 N–H and O–H groups in total. The lowest BCUT2D eigenvalue weighted by molar-refractivity contribution is 0.159. The summed E-state index contributed by atoms with van der Waals surface area (Å²) in [6.45, 7) is 4.17. The Morgan fingerprint density at radius 3 is 2.53 bits per heavy atom. The minimum absolute atomic E-state index is 0.313. The Morgan fingerprint density at radius 2 is 2.00 bits per heavy atom. The Labute approximate surface area is 104 Å². The Morgan fingerprint density at radius 1 is 1.29 bits per heavy atom. The van der Waals surface area contributed by atoms with Crippen molar-refractivity contribution in [3.8, 4) is 0 Å². The van der Waals surface area contributed by atoms with E-state index in [-0.39, 0.29) is 0 Å². The summed E-state index contributed by atoms with van der Waals surface area (Å²) >= 11 is 0. The van der Waals surface area contributed by atoms with Gasteiger partial charge in [-0.3, -0.25) is 0 Å². The largest absolute Gasteiger partial charge is 0.316 e. The lowest BCUT2D eigenvalue weighted by Gasteiger charge is -2.36. The van der Waals surface area contributed by atoms with Crippen LogP contribution in [-0.4, -0.2) is 33.0 Å². The molecule has 3 aliphatic rings. The van der Waals surface area contributed by atoms with Crippen LogP contribution in [0.4, 0.5) is 0 Å². The third kappa shape index (κ3) is 2.14. The first-order valence-corrected chi connectivity index (χ1v) is 8.78. The third-order valence-corrected chi connectivity index (χ3v) is 7.00. The van der Waals surface area contributed by atoms with Crippen molar-refractivity contribution in [2.75, 3.05) is 24.6 Å². The van der Waals surface area contributed by atoms with Crippen molar-refractivity contribution in [3.63, 3.8) is 0 Å². The van der Waals surface area contributed by atoms with Crippen molar-refractivity contribution in [3.05, 3.63) is 0 Å². The molecule has 0 aromatic rings. The van der Waals surface area contributed by atoms with Gasteiger partial charge in [-0.05, 0) is 55.4 Å². The molecule has 3 atom stereocenters. The molecule has 3 fully saturated rings. The van der Waals surface area contributed by atoms with Gasteiger partial charge in [-0.25, -0.2) is 8.42 Å². The Bertz CT molecular complexity index is 394. The van der Waals surface area contributed by atoms with E-state index in [1.165, 1.54) is 19.3 Å². The maximum Gasteiger partial charge on any atom is 0.150 e. The van der Waals surface area contributed by atoms with Gasteiger partial charge in [0.15, 0.2) is 9.84 Å². The van der Waals surface area contributed by atoms with Gasteiger partial charge >= 0.3 is 0 Å². The van der Waals surface area contributed by atoms with Crippen molar-refractivity contribution in [2.45, 2.75) is 32.6 Å². The summed E-state index contributed by atoms with van der Waals surface area (Å²) < 4.78 is 23.4. The predicted molar refractivity (Wildman–Crippen MR) is 68.6 cm³/mol. The molecular weight excluding hydrogens is 234 g/mol. The van der Waals surface area contributed by atoms with Crippen molar-refractivity contribution < 1.29 is 8.42 Å². The summed E-state index contributed by atoms with van der Waals surface area (Å²) in [5.41, 5.74) is 0.313. The predicted octanol–water partition coefficient (Wildman–Crippen LogP) is 1.45. The molecule has 0 aromatic heterocycles. The SMILES string of the molecule is CCNCC1(C2CCS(=O)(=O)C2)CC2CC2C1. The van der Waals surface area contributed by atoms with Gasteiger partial charge in [-0.2, -0.15) is 0 Å². The number of hydrogen-bond acceptors (Lipinski definition) is 3. The van der Waals surface area contributed by atoms with Crippen LogP contribution in [-0.2, 0) is 9.84 Å². The molecule has 0 radical (unpaired) electrons. The first-order chi connectivity index (χ1) is 8.05. The summed E-state index contributed by atoms with van der Waals surface area (Å²) in [6, 6.07) is 0. The fraction of sp³-hybridized carbons (Fsp3) is 1.00. The zero-order valence-electron chi connectivity index (χ0n) is 10.6. The van der Waals surface area contributed by atoms with Crippen LogP contribution in [0.25, 0.3) is 0 Å². The van der Waals surface area contributed by atoms with Gasteiger partial charge in [0.2, 0.25) is 0 Å². The van der Waals surface area contributed by atoms with Crippen LogP contribution in [0.5, 0.6) is 0 Å². The van der Waals surface area contributed by atoms with E-state index in [0.717, 1.165) is 31.3 Å². The molecule has 4 heteroatoms. The molecule has 2 saturated carbocycles. The first-order valence-electron chi connectivity index (χ1n) is 6.96. The van der Waals surface area contributed by atoms with E-state index in [9.17, 15) is 8.42 Å². The third-order valence-electron chi connectivity index (χ3n) is 5.23. The monoisotopic (exact) mass is 257 g/mol. The lowest BCUT2D eigenvalue weighted by atomic mass is 9.71. The van der Waals surface area contributed by atoms with E-state index < -0.39 is 9.84 Å². The molecule has 0 spiro atoms. The maximum atomic E-state index is 11.7. The van der Waals surface area contributed by atoms with Crippen LogP contribution in [0.1, 0.15) is 32.6 Å². The molecule has 3 unspecified atom stereocenters. The Hall–Kier alpha value is -0.0900. The quantitative estimate of drug-likeness (QED) is 0.829. The number of sulfone groups is 1. The summed E-state index contributed by atoms with van der Waals surface area (Å²) in [7, 11) is -2.73. The molecule has 1 saturated heterocycles. The average molecular weight is 257 g/mol. The molecule has 17 heavy (non-hydrogen) atoms. The molecule has 3 rings (SSSR count). The summed E-state index contributed by atoms with van der Waals surface area (Å²) in [5, 5.41) is 3.48. The summed E-state index contributed by atoms with van der Waals surface area (Å²) in [4.78, 5) is 0. The zero-order chi connectivity index (χ0) is 12.1. The molecule has 0 bridgehead atoms. The lowest BCUT2D eigenvalue weighted by Crippen LogP contribution is -2.40. The van der Waals surface area contributed by atoms with Crippen LogP contribution in [0.3, 0.4) is 0 Å². The van der Waals surface area contributed by atoms with Crippen molar-refractivity contribution in [2.24, 2.45) is 23.2 Å². The summed E-state index contributed by atoms with van der Waals surface area (Å²) in [6.07, 6.45) is 4.89. The highest BCUT2D eigenvalue weighted by Gasteiger charge is 2.57. The van der Waals surface area contributed by atoms with Gasteiger partial charge in [0, 0.05) is 6.54 Å². The number of rotatable bonds is 4. The second-order valence-corrected chi connectivity index (χ2v) is 8.64. The molecular formula is C13H23NO2S. The Kier molecular flexibility index (Phi) is 2.78. The minimum atomic E-state index is -2.73. The van der Waals surface area contributed by atoms with Crippen LogP contribution in [0.2, 0.25) is 0 Å². The number of fused-ring (bicyclic) bond motifs is 1. The van der Waals surface area contributed by atoms with Crippen molar-refractivity contribution >= 4 is 9.84 Å². The van der Waals surface area contributed by atoms with E-state index in [1.807, 2.05) is 0 Å². The fourth-order valence-electron chi connectivity index (χ4n) is 4.21. The van der Waals surface area contributed by atoms with Crippen LogP contribution in [0.15, 0.2) is 0 Å². The standard InChI is InChI=1S/C13H23NO2S/c1-2-14-9-13(6-10-5-11(10)7-13)12-3-4-17(15,16)8-12/h10-12,14H,2-9H2,1H3. The molecule has 2 aliphatic carbocycles. The molecule has 0 aromatic carbocycles. The van der Waals surface area contributed by atoms with Crippen LogP contribution < -0.4 is 5.32 Å². The van der Waals surface area contributed by atoms with Crippen LogP contribution >= 0.6 is 0 Å². The second kappa shape index (κ2) is 3.95.